The van der Waals surface area contributed by atoms with Gasteiger partial charge in [-0.1, -0.05) is 198 Å². The van der Waals surface area contributed by atoms with E-state index in [9.17, 15) is 34.1 Å². The minimum atomic E-state index is -4.76. The van der Waals surface area contributed by atoms with Gasteiger partial charge in [0.25, 0.3) is 0 Å². The van der Waals surface area contributed by atoms with Crippen molar-refractivity contribution in [1.82, 2.24) is 5.32 Å². The highest BCUT2D eigenvalue weighted by Gasteiger charge is 2.28. The SMILES string of the molecule is CCCCC/C=C\C/C=C\CCCCCCCCCCCCCC(=O)NC(COP(=O)(O)OCC(O)COC(=O)CCCCCCCCCCC/C=C/CCCCCCCC)C(=O)O. The van der Waals surface area contributed by atoms with Gasteiger partial charge in [-0.25, -0.2) is 9.36 Å². The Labute approximate surface area is 391 Å². The number of carbonyl (C=O) groups is 3. The number of hydrogen-bond acceptors (Lipinski definition) is 8. The third-order valence-electron chi connectivity index (χ3n) is 11.4. The molecular formula is C52H96NO10P. The van der Waals surface area contributed by atoms with E-state index in [2.05, 4.69) is 55.6 Å². The summed E-state index contributed by atoms with van der Waals surface area (Å²) in [7, 11) is -4.76. The number of carboxylic acids is 1. The maximum Gasteiger partial charge on any atom is 0.472 e. The van der Waals surface area contributed by atoms with E-state index in [4.69, 9.17) is 13.8 Å². The molecule has 0 bridgehead atoms. The fraction of sp³-hybridized carbons (Fsp3) is 0.827. The number of hydrogen-bond donors (Lipinski definition) is 4. The molecule has 0 aliphatic heterocycles. The molecule has 1 amide bonds. The van der Waals surface area contributed by atoms with Gasteiger partial charge in [0.1, 0.15) is 12.7 Å². The highest BCUT2D eigenvalue weighted by Crippen LogP contribution is 2.43. The molecule has 0 aliphatic carbocycles. The second-order valence-electron chi connectivity index (χ2n) is 17.7. The number of phosphoric ester groups is 1. The summed E-state index contributed by atoms with van der Waals surface area (Å²) in [6.45, 7) is 2.60. The molecule has 0 fully saturated rings. The van der Waals surface area contributed by atoms with Gasteiger partial charge < -0.3 is 25.2 Å². The second kappa shape index (κ2) is 47.2. The Balaban J connectivity index is 3.82. The summed E-state index contributed by atoms with van der Waals surface area (Å²) in [5, 5.41) is 21.9. The van der Waals surface area contributed by atoms with Gasteiger partial charge in [0.2, 0.25) is 5.91 Å². The smallest absolute Gasteiger partial charge is 0.472 e. The van der Waals surface area contributed by atoms with Gasteiger partial charge in [0.05, 0.1) is 13.2 Å². The highest BCUT2D eigenvalue weighted by molar-refractivity contribution is 7.47. The van der Waals surface area contributed by atoms with Crippen LogP contribution in [0.2, 0.25) is 0 Å². The van der Waals surface area contributed by atoms with Gasteiger partial charge in [-0.05, 0) is 70.6 Å². The number of amides is 1. The van der Waals surface area contributed by atoms with Crippen LogP contribution in [-0.2, 0) is 32.7 Å². The lowest BCUT2D eigenvalue weighted by atomic mass is 10.0. The Morgan fingerprint density at radius 2 is 0.859 bits per heavy atom. The van der Waals surface area contributed by atoms with Crippen molar-refractivity contribution >= 4 is 25.7 Å². The van der Waals surface area contributed by atoms with E-state index in [0.717, 1.165) is 44.9 Å². The Morgan fingerprint density at radius 1 is 0.500 bits per heavy atom. The van der Waals surface area contributed by atoms with Crippen LogP contribution in [0.25, 0.3) is 0 Å². The number of ether oxygens (including phenoxy) is 1. The van der Waals surface area contributed by atoms with Crippen molar-refractivity contribution in [3.05, 3.63) is 36.5 Å². The summed E-state index contributed by atoms with van der Waals surface area (Å²) in [5.41, 5.74) is 0. The zero-order valence-corrected chi connectivity index (χ0v) is 41.7. The molecule has 3 atom stereocenters. The Hall–Kier alpha value is -2.30. The molecule has 0 aromatic heterocycles. The quantitative estimate of drug-likeness (QED) is 0.0199. The van der Waals surface area contributed by atoms with Crippen LogP contribution in [0.4, 0.5) is 0 Å². The molecule has 0 saturated heterocycles. The molecule has 12 heteroatoms. The maximum absolute atomic E-state index is 12.4. The van der Waals surface area contributed by atoms with Crippen LogP contribution in [0, 0.1) is 0 Å². The van der Waals surface area contributed by atoms with Gasteiger partial charge >= 0.3 is 19.8 Å². The molecule has 0 aromatic rings. The standard InChI is InChI=1S/C52H96NO10P/c1-3-5-7-9-11-13-15-17-19-21-23-24-26-27-29-31-33-35-37-39-41-43-50(55)53-49(52(57)58)47-63-64(59,60)62-46-48(54)45-61-51(56)44-42-40-38-36-34-32-30-28-25-22-20-18-16-14-12-10-8-6-4-2/h11,13,17-20,48-49,54H,3-10,12,14-16,21-47H2,1-2H3,(H,53,55)(H,57,58)(H,59,60)/b13-11-,19-17-,20-18+. The van der Waals surface area contributed by atoms with E-state index in [-0.39, 0.29) is 12.8 Å². The number of rotatable bonds is 49. The highest BCUT2D eigenvalue weighted by atomic mass is 31.2. The summed E-state index contributed by atoms with van der Waals surface area (Å²) in [4.78, 5) is 46.1. The van der Waals surface area contributed by atoms with E-state index in [1.54, 1.807) is 0 Å². The number of carbonyl (C=O) groups excluding carboxylic acids is 2. The number of esters is 1. The summed E-state index contributed by atoms with van der Waals surface area (Å²) >= 11 is 0. The van der Waals surface area contributed by atoms with Crippen molar-refractivity contribution in [2.45, 2.75) is 257 Å². The number of phosphoric acid groups is 1. The Bertz CT molecular complexity index is 1220. The van der Waals surface area contributed by atoms with Crippen LogP contribution in [0.3, 0.4) is 0 Å². The van der Waals surface area contributed by atoms with Crippen molar-refractivity contribution in [2.24, 2.45) is 0 Å². The van der Waals surface area contributed by atoms with Crippen molar-refractivity contribution in [2.75, 3.05) is 19.8 Å². The monoisotopic (exact) mass is 926 g/mol. The van der Waals surface area contributed by atoms with Crippen LogP contribution in [-0.4, -0.2) is 64.9 Å². The van der Waals surface area contributed by atoms with Crippen LogP contribution < -0.4 is 5.32 Å². The average Bonchev–Trinajstić information content (AvgIpc) is 3.27. The topological polar surface area (TPSA) is 169 Å². The minimum Gasteiger partial charge on any atom is -0.480 e. The lowest BCUT2D eigenvalue weighted by molar-refractivity contribution is -0.147. The molecule has 64 heavy (non-hydrogen) atoms. The van der Waals surface area contributed by atoms with E-state index < -0.39 is 57.6 Å². The zero-order valence-electron chi connectivity index (χ0n) is 40.8. The third-order valence-corrected chi connectivity index (χ3v) is 12.4. The van der Waals surface area contributed by atoms with Crippen molar-refractivity contribution in [3.63, 3.8) is 0 Å². The molecule has 3 unspecified atom stereocenters. The first-order valence-corrected chi connectivity index (χ1v) is 27.5. The van der Waals surface area contributed by atoms with Crippen LogP contribution in [0.5, 0.6) is 0 Å². The van der Waals surface area contributed by atoms with E-state index in [0.29, 0.717) is 12.8 Å². The lowest BCUT2D eigenvalue weighted by Crippen LogP contribution is -2.43. The maximum atomic E-state index is 12.4. The van der Waals surface area contributed by atoms with Gasteiger partial charge in [0.15, 0.2) is 6.04 Å². The number of allylic oxidation sites excluding steroid dienone is 6. The normalized spacial score (nSPS) is 13.8. The molecule has 4 N–H and O–H groups in total. The second-order valence-corrected chi connectivity index (χ2v) is 19.2. The predicted octanol–water partition coefficient (Wildman–Crippen LogP) is 14.3. The zero-order chi connectivity index (χ0) is 47.0. The first-order chi connectivity index (χ1) is 31.1. The van der Waals surface area contributed by atoms with Crippen LogP contribution in [0.15, 0.2) is 36.5 Å². The molecule has 0 spiro atoms. The van der Waals surface area contributed by atoms with Gasteiger partial charge in [-0.3, -0.25) is 18.6 Å². The summed E-state index contributed by atoms with van der Waals surface area (Å²) in [6.07, 6.45) is 53.0. The van der Waals surface area contributed by atoms with Crippen LogP contribution >= 0.6 is 7.82 Å². The van der Waals surface area contributed by atoms with Crippen molar-refractivity contribution in [3.8, 4) is 0 Å². The molecule has 11 nitrogen and oxygen atoms in total. The molecule has 374 valence electrons. The van der Waals surface area contributed by atoms with E-state index in [1.807, 2.05) is 0 Å². The fourth-order valence-corrected chi connectivity index (χ4v) is 8.11. The van der Waals surface area contributed by atoms with Crippen LogP contribution in [0.1, 0.15) is 245 Å². The van der Waals surface area contributed by atoms with Gasteiger partial charge in [-0.15, -0.1) is 0 Å². The molecule has 0 aromatic carbocycles. The Morgan fingerprint density at radius 3 is 1.31 bits per heavy atom. The average molecular weight is 926 g/mol. The largest absolute Gasteiger partial charge is 0.480 e. The number of aliphatic hydroxyl groups is 1. The van der Waals surface area contributed by atoms with E-state index >= 15 is 0 Å². The number of unbranched alkanes of at least 4 members (excludes halogenated alkanes) is 29. The fourth-order valence-electron chi connectivity index (χ4n) is 7.34. The number of aliphatic carboxylic acids is 1. The first kappa shape index (κ1) is 61.7. The van der Waals surface area contributed by atoms with Gasteiger partial charge in [-0.2, -0.15) is 0 Å². The molecule has 0 radical (unpaired) electrons. The molecule has 0 aliphatic rings. The van der Waals surface area contributed by atoms with Gasteiger partial charge in [0, 0.05) is 12.8 Å². The molecule has 0 saturated carbocycles. The summed E-state index contributed by atoms with van der Waals surface area (Å²) < 4.78 is 27.0. The third kappa shape index (κ3) is 46.2. The molecule has 0 heterocycles. The minimum absolute atomic E-state index is 0.144. The molecule has 0 rings (SSSR count). The number of aliphatic hydroxyl groups excluding tert-OH is 1. The van der Waals surface area contributed by atoms with Crippen molar-refractivity contribution < 1.29 is 47.8 Å². The van der Waals surface area contributed by atoms with Crippen molar-refractivity contribution in [1.29, 1.82) is 0 Å². The molecular weight excluding hydrogens is 830 g/mol. The predicted molar refractivity (Wildman–Crippen MR) is 263 cm³/mol. The summed E-state index contributed by atoms with van der Waals surface area (Å²) in [6, 6.07) is -1.55. The Kier molecular flexibility index (Phi) is 45.5. The summed E-state index contributed by atoms with van der Waals surface area (Å²) in [5.74, 6) is -2.37. The number of carboxylic acid groups (broad SMARTS) is 1. The van der Waals surface area contributed by atoms with E-state index in [1.165, 1.54) is 161 Å². The lowest BCUT2D eigenvalue weighted by Gasteiger charge is -2.18. The first-order valence-electron chi connectivity index (χ1n) is 26.0. The number of nitrogens with one attached hydrogen (secondary N) is 1.